The van der Waals surface area contributed by atoms with Crippen molar-refractivity contribution in [2.24, 2.45) is 0 Å². The lowest BCUT2D eigenvalue weighted by Gasteiger charge is -2.14. The van der Waals surface area contributed by atoms with Gasteiger partial charge in [-0.1, -0.05) is 11.6 Å². The van der Waals surface area contributed by atoms with Gasteiger partial charge >= 0.3 is 5.97 Å². The van der Waals surface area contributed by atoms with Crippen molar-refractivity contribution in [2.75, 3.05) is 5.32 Å². The number of carbonyl (C=O) groups is 2. The van der Waals surface area contributed by atoms with E-state index >= 15 is 0 Å². The molecule has 0 fully saturated rings. The molecule has 0 heterocycles. The number of esters is 1. The number of hydrogen-bond acceptors (Lipinski definition) is 3. The average Bonchev–Trinajstić information content (AvgIpc) is 2.49. The summed E-state index contributed by atoms with van der Waals surface area (Å²) in [5, 5.41) is 3.15. The zero-order chi connectivity index (χ0) is 17.0. The van der Waals surface area contributed by atoms with E-state index in [1.54, 1.807) is 24.3 Å². The van der Waals surface area contributed by atoms with Gasteiger partial charge in [0.15, 0.2) is 6.10 Å². The SMILES string of the molecule is C[C@@H](OC(=O)c1ccc(F)cc1Br)C(=O)Nc1ccc(Cl)cc1. The number of anilines is 1. The Labute approximate surface area is 145 Å². The normalized spacial score (nSPS) is 11.7. The second-order valence-corrected chi connectivity index (χ2v) is 5.96. The van der Waals surface area contributed by atoms with Crippen molar-refractivity contribution in [3.8, 4) is 0 Å². The van der Waals surface area contributed by atoms with Gasteiger partial charge in [-0.15, -0.1) is 0 Å². The smallest absolute Gasteiger partial charge is 0.340 e. The van der Waals surface area contributed by atoms with E-state index in [-0.39, 0.29) is 10.0 Å². The quantitative estimate of drug-likeness (QED) is 0.773. The maximum atomic E-state index is 13.0. The third-order valence-corrected chi connectivity index (χ3v) is 3.82. The van der Waals surface area contributed by atoms with Crippen LogP contribution in [0.5, 0.6) is 0 Å². The molecule has 2 aromatic carbocycles. The predicted molar refractivity (Wildman–Crippen MR) is 89.1 cm³/mol. The summed E-state index contributed by atoms with van der Waals surface area (Å²) in [6.07, 6.45) is -1.02. The second kappa shape index (κ2) is 7.57. The van der Waals surface area contributed by atoms with Crippen molar-refractivity contribution < 1.29 is 18.7 Å². The van der Waals surface area contributed by atoms with Gasteiger partial charge in [-0.3, -0.25) is 4.79 Å². The Morgan fingerprint density at radius 3 is 2.48 bits per heavy atom. The van der Waals surface area contributed by atoms with E-state index in [1.165, 1.54) is 13.0 Å². The summed E-state index contributed by atoms with van der Waals surface area (Å²) < 4.78 is 18.4. The van der Waals surface area contributed by atoms with E-state index in [9.17, 15) is 14.0 Å². The fourth-order valence-electron chi connectivity index (χ4n) is 1.71. The Balaban J connectivity index is 2.00. The number of halogens is 3. The van der Waals surface area contributed by atoms with Gasteiger partial charge in [-0.25, -0.2) is 9.18 Å². The van der Waals surface area contributed by atoms with Crippen molar-refractivity contribution in [1.29, 1.82) is 0 Å². The molecule has 0 aliphatic carbocycles. The largest absolute Gasteiger partial charge is 0.449 e. The summed E-state index contributed by atoms with van der Waals surface area (Å²) in [5.41, 5.74) is 0.669. The van der Waals surface area contributed by atoms with Gasteiger partial charge in [0.2, 0.25) is 0 Å². The van der Waals surface area contributed by atoms with E-state index in [1.807, 2.05) is 0 Å². The molecule has 2 aromatic rings. The highest BCUT2D eigenvalue weighted by Crippen LogP contribution is 2.20. The number of rotatable bonds is 4. The van der Waals surface area contributed by atoms with Gasteiger partial charge in [-0.05, 0) is 65.3 Å². The predicted octanol–water partition coefficient (Wildman–Crippen LogP) is 4.43. The van der Waals surface area contributed by atoms with Crippen LogP contribution in [0, 0.1) is 5.82 Å². The lowest BCUT2D eigenvalue weighted by Crippen LogP contribution is -2.30. The molecule has 0 saturated heterocycles. The summed E-state index contributed by atoms with van der Waals surface area (Å²) in [6, 6.07) is 10.1. The molecule has 2 rings (SSSR count). The summed E-state index contributed by atoms with van der Waals surface area (Å²) in [4.78, 5) is 24.0. The molecule has 7 heteroatoms. The third kappa shape index (κ3) is 4.77. The van der Waals surface area contributed by atoms with Gasteiger partial charge in [0.25, 0.3) is 5.91 Å². The number of nitrogens with one attached hydrogen (secondary N) is 1. The molecule has 0 aliphatic heterocycles. The van der Waals surface area contributed by atoms with Gasteiger partial charge in [-0.2, -0.15) is 0 Å². The molecule has 0 unspecified atom stereocenters. The number of benzene rings is 2. The highest BCUT2D eigenvalue weighted by atomic mass is 79.9. The summed E-state index contributed by atoms with van der Waals surface area (Å²) >= 11 is 8.84. The first kappa shape index (κ1) is 17.4. The Kier molecular flexibility index (Phi) is 5.74. The van der Waals surface area contributed by atoms with E-state index < -0.39 is 23.8 Å². The summed E-state index contributed by atoms with van der Waals surface area (Å²) in [5.74, 6) is -1.70. The fraction of sp³-hybridized carbons (Fsp3) is 0.125. The van der Waals surface area contributed by atoms with Crippen LogP contribution in [0.15, 0.2) is 46.9 Å². The van der Waals surface area contributed by atoms with Crippen LogP contribution in [-0.2, 0) is 9.53 Å². The molecular weight excluding hydrogens is 389 g/mol. The molecule has 1 amide bonds. The lowest BCUT2D eigenvalue weighted by atomic mass is 10.2. The minimum atomic E-state index is -1.02. The zero-order valence-electron chi connectivity index (χ0n) is 12.0. The number of carbonyl (C=O) groups excluding carboxylic acids is 2. The van der Waals surface area contributed by atoms with Crippen LogP contribution >= 0.6 is 27.5 Å². The summed E-state index contributed by atoms with van der Waals surface area (Å²) in [6.45, 7) is 1.45. The van der Waals surface area contributed by atoms with Gasteiger partial charge in [0.1, 0.15) is 5.82 Å². The molecule has 0 radical (unpaired) electrons. The molecule has 0 aromatic heterocycles. The first-order chi connectivity index (χ1) is 10.9. The number of ether oxygens (including phenoxy) is 1. The minimum absolute atomic E-state index is 0.137. The highest BCUT2D eigenvalue weighted by molar-refractivity contribution is 9.10. The minimum Gasteiger partial charge on any atom is -0.449 e. The molecule has 0 bridgehead atoms. The third-order valence-electron chi connectivity index (χ3n) is 2.92. The average molecular weight is 401 g/mol. The van der Waals surface area contributed by atoms with E-state index in [0.717, 1.165) is 12.1 Å². The molecule has 0 saturated carbocycles. The van der Waals surface area contributed by atoms with E-state index in [4.69, 9.17) is 16.3 Å². The van der Waals surface area contributed by atoms with Crippen LogP contribution < -0.4 is 5.32 Å². The van der Waals surface area contributed by atoms with Crippen LogP contribution in [0.25, 0.3) is 0 Å². The maximum Gasteiger partial charge on any atom is 0.340 e. The van der Waals surface area contributed by atoms with Crippen LogP contribution in [0.1, 0.15) is 17.3 Å². The maximum absolute atomic E-state index is 13.0. The van der Waals surface area contributed by atoms with Crippen molar-refractivity contribution in [2.45, 2.75) is 13.0 Å². The standard InChI is InChI=1S/C16H12BrClFNO3/c1-9(15(21)20-12-5-2-10(18)3-6-12)23-16(22)13-7-4-11(19)8-14(13)17/h2-9H,1H3,(H,20,21)/t9-/m1/s1. The molecule has 120 valence electrons. The topological polar surface area (TPSA) is 55.4 Å². The zero-order valence-corrected chi connectivity index (χ0v) is 14.3. The first-order valence-electron chi connectivity index (χ1n) is 6.59. The Morgan fingerprint density at radius 1 is 1.22 bits per heavy atom. The molecule has 4 nitrogen and oxygen atoms in total. The lowest BCUT2D eigenvalue weighted by molar-refractivity contribution is -0.123. The van der Waals surface area contributed by atoms with Crippen LogP contribution in [-0.4, -0.2) is 18.0 Å². The highest BCUT2D eigenvalue weighted by Gasteiger charge is 2.20. The molecule has 0 spiro atoms. The fourth-order valence-corrected chi connectivity index (χ4v) is 2.35. The van der Waals surface area contributed by atoms with Gasteiger partial charge in [0, 0.05) is 15.2 Å². The van der Waals surface area contributed by atoms with Crippen molar-refractivity contribution >= 4 is 45.1 Å². The van der Waals surface area contributed by atoms with Crippen molar-refractivity contribution in [3.05, 3.63) is 63.3 Å². The Hall–Kier alpha value is -1.92. The van der Waals surface area contributed by atoms with Crippen LogP contribution in [0.2, 0.25) is 5.02 Å². The molecular formula is C16H12BrClFNO3. The van der Waals surface area contributed by atoms with Crippen LogP contribution in [0.3, 0.4) is 0 Å². The van der Waals surface area contributed by atoms with Crippen LogP contribution in [0.4, 0.5) is 10.1 Å². The van der Waals surface area contributed by atoms with Crippen molar-refractivity contribution in [3.63, 3.8) is 0 Å². The van der Waals surface area contributed by atoms with Crippen molar-refractivity contribution in [1.82, 2.24) is 0 Å². The van der Waals surface area contributed by atoms with Gasteiger partial charge < -0.3 is 10.1 Å². The number of hydrogen-bond donors (Lipinski definition) is 1. The Bertz CT molecular complexity index is 737. The first-order valence-corrected chi connectivity index (χ1v) is 7.76. The van der Waals surface area contributed by atoms with E-state index in [2.05, 4.69) is 21.2 Å². The molecule has 1 N–H and O–H groups in total. The van der Waals surface area contributed by atoms with E-state index in [0.29, 0.717) is 10.7 Å². The Morgan fingerprint density at radius 2 is 1.87 bits per heavy atom. The number of amides is 1. The second-order valence-electron chi connectivity index (χ2n) is 4.67. The molecule has 0 aliphatic rings. The summed E-state index contributed by atoms with van der Waals surface area (Å²) in [7, 11) is 0. The van der Waals surface area contributed by atoms with Gasteiger partial charge in [0.05, 0.1) is 5.56 Å². The monoisotopic (exact) mass is 399 g/mol. The molecule has 1 atom stereocenters. The molecule has 23 heavy (non-hydrogen) atoms.